The van der Waals surface area contributed by atoms with Crippen LogP contribution in [0.5, 0.6) is 0 Å². The van der Waals surface area contributed by atoms with E-state index in [9.17, 15) is 9.18 Å². The summed E-state index contributed by atoms with van der Waals surface area (Å²) >= 11 is 0. The Morgan fingerprint density at radius 3 is 2.52 bits per heavy atom. The summed E-state index contributed by atoms with van der Waals surface area (Å²) in [7, 11) is 0. The van der Waals surface area contributed by atoms with Crippen LogP contribution in [0.2, 0.25) is 0 Å². The van der Waals surface area contributed by atoms with Crippen LogP contribution in [-0.2, 0) is 0 Å². The quantitative estimate of drug-likeness (QED) is 0.648. The number of rotatable bonds is 3. The number of para-hydroxylation sites is 1. The van der Waals surface area contributed by atoms with Crippen molar-refractivity contribution in [2.24, 2.45) is 11.1 Å². The predicted molar refractivity (Wildman–Crippen MR) is 119 cm³/mol. The van der Waals surface area contributed by atoms with Crippen LogP contribution >= 0.6 is 24.8 Å². The monoisotopic (exact) mass is 435 g/mol. The van der Waals surface area contributed by atoms with Crippen LogP contribution < -0.4 is 5.73 Å². The molecule has 2 heterocycles. The lowest BCUT2D eigenvalue weighted by Gasteiger charge is -2.23. The smallest absolute Gasteiger partial charge is 0.254 e. The zero-order valence-corrected chi connectivity index (χ0v) is 17.7. The van der Waals surface area contributed by atoms with E-state index < -0.39 is 0 Å². The molecule has 0 saturated carbocycles. The van der Waals surface area contributed by atoms with Crippen LogP contribution in [0.4, 0.5) is 4.39 Å². The highest BCUT2D eigenvalue weighted by molar-refractivity contribution is 6.07. The molecule has 154 valence electrons. The molecule has 1 unspecified atom stereocenters. The van der Waals surface area contributed by atoms with Crippen molar-refractivity contribution in [1.82, 2.24) is 9.88 Å². The molecule has 4 nitrogen and oxygen atoms in total. The molecule has 0 spiro atoms. The van der Waals surface area contributed by atoms with Gasteiger partial charge < -0.3 is 10.6 Å². The third-order valence-corrected chi connectivity index (χ3v) is 5.42. The summed E-state index contributed by atoms with van der Waals surface area (Å²) in [6.45, 7) is 4.05. The fourth-order valence-corrected chi connectivity index (χ4v) is 3.65. The fraction of sp³-hybridized carbons (Fsp3) is 0.273. The molecule has 1 aliphatic rings. The molecule has 1 fully saturated rings. The van der Waals surface area contributed by atoms with E-state index in [1.807, 2.05) is 35.2 Å². The van der Waals surface area contributed by atoms with Gasteiger partial charge in [-0.05, 0) is 54.8 Å². The summed E-state index contributed by atoms with van der Waals surface area (Å²) in [5.74, 6) is -0.303. The average Bonchev–Trinajstić information content (AvgIpc) is 3.10. The van der Waals surface area contributed by atoms with E-state index in [4.69, 9.17) is 5.73 Å². The lowest BCUT2D eigenvalue weighted by atomic mass is 9.90. The molecule has 3 aromatic rings. The molecule has 1 aromatic heterocycles. The first-order valence-electron chi connectivity index (χ1n) is 9.14. The van der Waals surface area contributed by atoms with Crippen LogP contribution in [0.1, 0.15) is 23.7 Å². The largest absolute Gasteiger partial charge is 0.338 e. The molecule has 29 heavy (non-hydrogen) atoms. The number of likely N-dealkylation sites (tertiary alicyclic amines) is 1. The maximum atomic E-state index is 13.3. The van der Waals surface area contributed by atoms with E-state index in [1.54, 1.807) is 12.1 Å². The first-order valence-corrected chi connectivity index (χ1v) is 9.14. The minimum absolute atomic E-state index is 0. The number of fused-ring (bicyclic) bond motifs is 1. The highest BCUT2D eigenvalue weighted by Crippen LogP contribution is 2.32. The van der Waals surface area contributed by atoms with Crippen molar-refractivity contribution in [2.75, 3.05) is 19.6 Å². The van der Waals surface area contributed by atoms with E-state index in [-0.39, 0.29) is 42.0 Å². The number of nitrogens with two attached hydrogens (primary N) is 1. The van der Waals surface area contributed by atoms with Gasteiger partial charge in [0.2, 0.25) is 0 Å². The van der Waals surface area contributed by atoms with Gasteiger partial charge in [-0.15, -0.1) is 24.8 Å². The Kier molecular flexibility index (Phi) is 7.22. The Balaban J connectivity index is 0.00000150. The number of halogens is 3. The molecular formula is C22H24Cl2FN3O. The molecule has 2 N–H and O–H groups in total. The van der Waals surface area contributed by atoms with E-state index in [0.717, 1.165) is 22.9 Å². The third kappa shape index (κ3) is 4.53. The van der Waals surface area contributed by atoms with Gasteiger partial charge in [-0.1, -0.05) is 25.1 Å². The number of aromatic nitrogens is 1. The Labute approximate surface area is 182 Å². The molecule has 1 amide bonds. The van der Waals surface area contributed by atoms with E-state index in [0.29, 0.717) is 30.9 Å². The standard InChI is InChI=1S/C22H22FN3O.2ClH/c1-22(13-24)10-11-26(14-22)21(27)18-12-20(15-6-8-16(23)9-7-15)25-19-5-3-2-4-17(18)19;;/h2-9,12H,10-11,13-14,24H2,1H3;2*1H. The first-order chi connectivity index (χ1) is 13.0. The number of pyridine rings is 1. The van der Waals surface area contributed by atoms with Crippen molar-refractivity contribution in [1.29, 1.82) is 0 Å². The van der Waals surface area contributed by atoms with Gasteiger partial charge in [0.05, 0.1) is 16.8 Å². The molecule has 2 aromatic carbocycles. The lowest BCUT2D eigenvalue weighted by Crippen LogP contribution is -2.34. The van der Waals surface area contributed by atoms with Gasteiger partial charge in [0.25, 0.3) is 5.91 Å². The van der Waals surface area contributed by atoms with Crippen molar-refractivity contribution < 1.29 is 9.18 Å². The van der Waals surface area contributed by atoms with Crippen molar-refractivity contribution in [3.63, 3.8) is 0 Å². The van der Waals surface area contributed by atoms with Gasteiger partial charge in [0, 0.05) is 24.0 Å². The highest BCUT2D eigenvalue weighted by atomic mass is 35.5. The van der Waals surface area contributed by atoms with Gasteiger partial charge in [-0.2, -0.15) is 0 Å². The summed E-state index contributed by atoms with van der Waals surface area (Å²) in [5, 5.41) is 0.828. The molecule has 0 aliphatic carbocycles. The summed E-state index contributed by atoms with van der Waals surface area (Å²) < 4.78 is 13.3. The number of carbonyl (C=O) groups is 1. The zero-order valence-electron chi connectivity index (χ0n) is 16.1. The number of hydrogen-bond donors (Lipinski definition) is 1. The molecule has 0 radical (unpaired) electrons. The third-order valence-electron chi connectivity index (χ3n) is 5.42. The van der Waals surface area contributed by atoms with Crippen LogP contribution in [-0.4, -0.2) is 35.4 Å². The number of amides is 1. The summed E-state index contributed by atoms with van der Waals surface area (Å²) in [5.41, 5.74) is 8.69. The molecule has 1 atom stereocenters. The second kappa shape index (κ2) is 9.08. The van der Waals surface area contributed by atoms with Crippen molar-refractivity contribution in [3.05, 3.63) is 66.0 Å². The Morgan fingerprint density at radius 2 is 1.86 bits per heavy atom. The Morgan fingerprint density at radius 1 is 1.17 bits per heavy atom. The number of hydrogen-bond acceptors (Lipinski definition) is 3. The van der Waals surface area contributed by atoms with Crippen molar-refractivity contribution in [3.8, 4) is 11.3 Å². The number of nitrogens with zero attached hydrogens (tertiary/aromatic N) is 2. The molecular weight excluding hydrogens is 412 g/mol. The number of carbonyl (C=O) groups excluding carboxylic acids is 1. The van der Waals surface area contributed by atoms with Gasteiger partial charge in [0.1, 0.15) is 5.82 Å². The minimum Gasteiger partial charge on any atom is -0.338 e. The fourth-order valence-electron chi connectivity index (χ4n) is 3.65. The molecule has 0 bridgehead atoms. The molecule has 1 saturated heterocycles. The van der Waals surface area contributed by atoms with Gasteiger partial charge in [0.15, 0.2) is 0 Å². The van der Waals surface area contributed by atoms with E-state index >= 15 is 0 Å². The summed E-state index contributed by atoms with van der Waals surface area (Å²) in [6, 6.07) is 15.6. The van der Waals surface area contributed by atoms with Crippen molar-refractivity contribution in [2.45, 2.75) is 13.3 Å². The molecule has 7 heteroatoms. The molecule has 1 aliphatic heterocycles. The number of benzene rings is 2. The summed E-state index contributed by atoms with van der Waals surface area (Å²) in [4.78, 5) is 19.9. The lowest BCUT2D eigenvalue weighted by molar-refractivity contribution is 0.0779. The second-order valence-corrected chi connectivity index (χ2v) is 7.57. The van der Waals surface area contributed by atoms with Crippen LogP contribution in [0, 0.1) is 11.2 Å². The maximum Gasteiger partial charge on any atom is 0.254 e. The van der Waals surface area contributed by atoms with Gasteiger partial charge in [-0.3, -0.25) is 4.79 Å². The predicted octanol–water partition coefficient (Wildman–Crippen LogP) is 4.70. The topological polar surface area (TPSA) is 59.2 Å². The average molecular weight is 436 g/mol. The SMILES string of the molecule is CC1(CN)CCN(C(=O)c2cc(-c3ccc(F)cc3)nc3ccccc23)C1.Cl.Cl. The Hall–Kier alpha value is -2.21. The minimum atomic E-state index is -0.297. The van der Waals surface area contributed by atoms with Crippen LogP contribution in [0.25, 0.3) is 22.2 Å². The maximum absolute atomic E-state index is 13.3. The normalized spacial score (nSPS) is 18.2. The van der Waals surface area contributed by atoms with E-state index in [2.05, 4.69) is 11.9 Å². The van der Waals surface area contributed by atoms with Crippen LogP contribution in [0.15, 0.2) is 54.6 Å². The van der Waals surface area contributed by atoms with Crippen molar-refractivity contribution >= 4 is 41.6 Å². The van der Waals surface area contributed by atoms with Gasteiger partial charge >= 0.3 is 0 Å². The Bertz CT molecular complexity index is 1010. The second-order valence-electron chi connectivity index (χ2n) is 7.57. The van der Waals surface area contributed by atoms with E-state index in [1.165, 1.54) is 12.1 Å². The van der Waals surface area contributed by atoms with Crippen LogP contribution in [0.3, 0.4) is 0 Å². The molecule has 4 rings (SSSR count). The first kappa shape index (κ1) is 23.1. The summed E-state index contributed by atoms with van der Waals surface area (Å²) in [6.07, 6.45) is 0.906. The highest BCUT2D eigenvalue weighted by Gasteiger charge is 2.35. The zero-order chi connectivity index (χ0) is 19.0. The van der Waals surface area contributed by atoms with Gasteiger partial charge in [-0.25, -0.2) is 9.37 Å².